The molecule has 1 fully saturated rings. The first-order valence-corrected chi connectivity index (χ1v) is 42.0. The van der Waals surface area contributed by atoms with Crippen LogP contribution in [0.4, 0.5) is 0 Å². The van der Waals surface area contributed by atoms with E-state index in [1.165, 1.54) is 51.2 Å². The second kappa shape index (κ2) is 50.1. The van der Waals surface area contributed by atoms with Crippen molar-refractivity contribution in [1.82, 2.24) is 89.3 Å². The van der Waals surface area contributed by atoms with Crippen LogP contribution in [0.5, 0.6) is 5.75 Å². The molecule has 6 rings (SSSR count). The topological polar surface area (TPSA) is 687 Å². The van der Waals surface area contributed by atoms with Gasteiger partial charge >= 0.3 is 17.9 Å². The van der Waals surface area contributed by atoms with Crippen LogP contribution in [0.1, 0.15) is 122 Å². The van der Waals surface area contributed by atoms with Gasteiger partial charge in [-0.1, -0.05) is 62.4 Å². The van der Waals surface area contributed by atoms with Crippen LogP contribution in [0.3, 0.4) is 0 Å². The third-order valence-electron chi connectivity index (χ3n) is 20.3. The zero-order valence-electron chi connectivity index (χ0n) is 70.0. The number of phenols is 1. The van der Waals surface area contributed by atoms with Gasteiger partial charge in [0.1, 0.15) is 90.3 Å². The molecule has 686 valence electrons. The van der Waals surface area contributed by atoms with E-state index in [9.17, 15) is 87.5 Å². The van der Waals surface area contributed by atoms with Crippen LogP contribution in [0.2, 0.25) is 0 Å². The van der Waals surface area contributed by atoms with Crippen molar-refractivity contribution in [1.29, 1.82) is 0 Å². The van der Waals surface area contributed by atoms with Crippen molar-refractivity contribution in [2.24, 2.45) is 23.1 Å². The van der Waals surface area contributed by atoms with Crippen molar-refractivity contribution in [3.8, 4) is 5.75 Å². The fourth-order valence-electron chi connectivity index (χ4n) is 13.5. The number of para-hydroxylation sites is 2. The molecule has 1 aliphatic heterocycles. The van der Waals surface area contributed by atoms with Crippen molar-refractivity contribution >= 4 is 159 Å². The molecule has 43 nitrogen and oxygen atoms in total. The molecular weight excluding hydrogens is 1690 g/mol. The quantitative estimate of drug-likeness (QED) is 0.0129. The number of carboxylic acid groups (broad SMARTS) is 3. The number of nitrogens with two attached hydrogens (primary N) is 3. The second-order valence-electron chi connectivity index (χ2n) is 30.7. The number of aliphatic carboxylic acids is 3. The molecular formula is C81H112N20O23S2. The zero-order chi connectivity index (χ0) is 93.2. The SMILES string of the molecule is CC(C)C[C@H](NC(=O)[C@H](Cc1c[nH]c2ccccc12)NC(=O)[C@H](CCC(N)=O)NC(=O)[C@H](Cc1c[nH]c2ccccc12)NC(=O)[C@H](CCC(=O)O)NC(=O)[C@@H]1CCCN1C(=O)[C@H](Cc1ccc(O)cc1)NC(=O)[C@H](CC(=O)O)NC(=O)[C@H](CS)NC(=O)[C@H](C)NC(=O)CN)C(=O)N[C@@H](CS)C(=O)N[C@@H](C)C(=O)N[C@@H](C)C(=O)NCC(=O)N[C@@H](CCCCN)C(=O)O. The van der Waals surface area contributed by atoms with Gasteiger partial charge in [0, 0.05) is 84.4 Å². The van der Waals surface area contributed by atoms with Crippen LogP contribution >= 0.6 is 25.3 Å². The maximum atomic E-state index is 15.3. The minimum Gasteiger partial charge on any atom is -0.508 e. The molecule has 1 saturated heterocycles. The first kappa shape index (κ1) is 102. The average molecular weight is 1800 g/mol. The Labute approximate surface area is 734 Å². The fraction of sp³-hybridized carbons (Fsp3) is 0.494. The van der Waals surface area contributed by atoms with Gasteiger partial charge in [0.05, 0.1) is 19.5 Å². The number of unbranched alkanes of at least 4 members (excludes halogenated alkanes) is 1. The Bertz CT molecular complexity index is 4740. The highest BCUT2D eigenvalue weighted by molar-refractivity contribution is 7.80. The molecule has 0 saturated carbocycles. The number of hydrogen-bond donors (Lipinski definition) is 25. The average Bonchev–Trinajstić information content (AvgIpc) is 1.82. The third kappa shape index (κ3) is 32.0. The number of likely N-dealkylation sites (tertiary alicyclic amines) is 1. The van der Waals surface area contributed by atoms with Crippen LogP contribution in [0, 0.1) is 5.92 Å². The van der Waals surface area contributed by atoms with E-state index in [1.54, 1.807) is 68.6 Å². The summed E-state index contributed by atoms with van der Waals surface area (Å²) in [6.45, 7) is 6.29. The van der Waals surface area contributed by atoms with E-state index in [-0.39, 0.29) is 56.1 Å². The summed E-state index contributed by atoms with van der Waals surface area (Å²) in [6.07, 6.45) is -0.749. The van der Waals surface area contributed by atoms with Gasteiger partial charge in [-0.25, -0.2) is 4.79 Å². The van der Waals surface area contributed by atoms with E-state index in [4.69, 9.17) is 17.2 Å². The molecule has 1 aliphatic rings. The minimum absolute atomic E-state index is 0.0887. The Morgan fingerprint density at radius 3 is 1.44 bits per heavy atom. The van der Waals surface area contributed by atoms with Gasteiger partial charge in [0.15, 0.2) is 0 Å². The number of primary amides is 1. The first-order valence-electron chi connectivity index (χ1n) is 40.7. The highest BCUT2D eigenvalue weighted by atomic mass is 32.1. The van der Waals surface area contributed by atoms with E-state index in [0.29, 0.717) is 57.9 Å². The largest absolute Gasteiger partial charge is 0.508 e. The Morgan fingerprint density at radius 1 is 0.460 bits per heavy atom. The lowest BCUT2D eigenvalue weighted by Crippen LogP contribution is -2.61. The summed E-state index contributed by atoms with van der Waals surface area (Å²) in [4.78, 5) is 267. The number of benzene rings is 3. The molecule has 0 bridgehead atoms. The predicted molar refractivity (Wildman–Crippen MR) is 460 cm³/mol. The zero-order valence-corrected chi connectivity index (χ0v) is 71.8. The summed E-state index contributed by atoms with van der Waals surface area (Å²) in [6, 6.07) is -2.80. The van der Waals surface area contributed by atoms with Crippen molar-refractivity contribution in [2.75, 3.05) is 37.7 Å². The number of carbonyl (C=O) groups is 19. The molecule has 45 heteroatoms. The molecule has 0 aliphatic carbocycles. The number of carboxylic acids is 3. The van der Waals surface area contributed by atoms with Gasteiger partial charge in [0.25, 0.3) is 0 Å². The number of phenolic OH excluding ortho intramolecular Hbond substituents is 1. The minimum atomic E-state index is -1.95. The highest BCUT2D eigenvalue weighted by Crippen LogP contribution is 2.25. The number of carbonyl (C=O) groups excluding carboxylic acids is 16. The number of aromatic nitrogens is 2. The number of thiol groups is 2. The van der Waals surface area contributed by atoms with Gasteiger partial charge < -0.3 is 127 Å². The van der Waals surface area contributed by atoms with Crippen molar-refractivity contribution in [2.45, 2.75) is 209 Å². The van der Waals surface area contributed by atoms with Gasteiger partial charge in [-0.2, -0.15) is 25.3 Å². The summed E-state index contributed by atoms with van der Waals surface area (Å²) in [7, 11) is 0. The normalized spacial score (nSPS) is 15.5. The second-order valence-corrected chi connectivity index (χ2v) is 31.4. The van der Waals surface area contributed by atoms with Gasteiger partial charge in [0.2, 0.25) is 94.5 Å². The predicted octanol–water partition coefficient (Wildman–Crippen LogP) is -4.46. The van der Waals surface area contributed by atoms with E-state index in [0.717, 1.165) is 4.90 Å². The summed E-state index contributed by atoms with van der Waals surface area (Å²) >= 11 is 8.41. The van der Waals surface area contributed by atoms with Crippen molar-refractivity contribution in [3.63, 3.8) is 0 Å². The Kier molecular flexibility index (Phi) is 40.6. The number of rotatable bonds is 52. The molecule has 3 heterocycles. The molecule has 3 aromatic carbocycles. The van der Waals surface area contributed by atoms with Crippen LogP contribution in [-0.2, 0) is 110 Å². The summed E-state index contributed by atoms with van der Waals surface area (Å²) in [5, 5.41) is 75.2. The standard InChI is InChI=1S/C81H112N20O23S2/c1-40(2)29-55(73(115)100-60(38-125)77(119)90-43(5)69(111)89-41(3)68(110)87-37-65(105)91-54(81(123)124)17-10-11-27-82)94-75(117)57(32-46-36-86-51-16-9-7-14-49(46)51)96-71(113)52(23-25-63(84)103)92-74(116)56(31-45-35-85-50-15-8-6-13-48(45)50)95-72(114)53(24-26-66(106)107)93-79(121)62-18-12-28-101(62)80(122)59(30-44-19-21-47(102)22-20-44)98-76(118)58(33-67(108)109)97-78(120)61(39-126)99-70(112)42(4)88-64(104)34-83/h6-9,13-16,19-22,35-36,40-43,52-62,85-86,102,125-126H,10-12,17-18,23-34,37-39,82-83H2,1-5H3,(H2,84,103)(H,87,110)(H,88,104)(H,89,111)(H,90,119)(H,91,105)(H,92,116)(H,93,121)(H,94,117)(H,95,114)(H,96,113)(H,97,120)(H,98,118)(H,99,112)(H,100,115)(H,106,107)(H,108,109)(H,123,124)/t41-,42-,43-,52-,53-,54-,55-,56-,57-,58-,59-,60-,61-,62-/m0/s1. The molecule has 0 spiro atoms. The Hall–Kier alpha value is -12.9. The summed E-state index contributed by atoms with van der Waals surface area (Å²) in [5.74, 6) is -21.4. The maximum Gasteiger partial charge on any atom is 0.326 e. The lowest BCUT2D eigenvalue weighted by Gasteiger charge is -2.31. The van der Waals surface area contributed by atoms with Gasteiger partial charge in [-0.05, 0) is 126 Å². The number of aromatic hydroxyl groups is 1. The fourth-order valence-corrected chi connectivity index (χ4v) is 14.0. The van der Waals surface area contributed by atoms with Gasteiger partial charge in [-0.15, -0.1) is 0 Å². The Balaban J connectivity index is 1.24. The molecule has 26 N–H and O–H groups in total. The molecule has 5 aromatic rings. The van der Waals surface area contributed by atoms with E-state index in [2.05, 4.69) is 110 Å². The lowest BCUT2D eigenvalue weighted by molar-refractivity contribution is -0.144. The van der Waals surface area contributed by atoms with Crippen LogP contribution in [-0.4, -0.2) is 270 Å². The number of H-pyrrole nitrogens is 2. The summed E-state index contributed by atoms with van der Waals surface area (Å²) in [5.41, 5.74) is 18.8. The maximum absolute atomic E-state index is 15.3. The summed E-state index contributed by atoms with van der Waals surface area (Å²) < 4.78 is 0. The third-order valence-corrected chi connectivity index (χ3v) is 21.1. The van der Waals surface area contributed by atoms with Crippen LogP contribution in [0.15, 0.2) is 85.2 Å². The number of aromatic amines is 2. The van der Waals surface area contributed by atoms with E-state index in [1.807, 2.05) is 0 Å². The van der Waals surface area contributed by atoms with Crippen molar-refractivity contribution < 1.29 is 112 Å². The first-order chi connectivity index (χ1) is 59.7. The van der Waals surface area contributed by atoms with Crippen LogP contribution in [0.25, 0.3) is 21.8 Å². The number of hydrogen-bond acceptors (Lipinski definition) is 24. The van der Waals surface area contributed by atoms with Gasteiger partial charge in [-0.3, -0.25) is 86.3 Å². The van der Waals surface area contributed by atoms with Crippen molar-refractivity contribution in [3.05, 3.63) is 102 Å². The molecule has 16 amide bonds. The Morgan fingerprint density at radius 2 is 0.913 bits per heavy atom. The van der Waals surface area contributed by atoms with Crippen LogP contribution < -0.4 is 91.6 Å². The lowest BCUT2D eigenvalue weighted by atomic mass is 9.99. The molecule has 14 atom stereocenters. The number of nitrogens with zero attached hydrogens (tertiary/aromatic N) is 1. The molecule has 126 heavy (non-hydrogen) atoms. The van der Waals surface area contributed by atoms with E-state index >= 15 is 24.0 Å². The highest BCUT2D eigenvalue weighted by Gasteiger charge is 2.42. The molecule has 0 radical (unpaired) electrons. The van der Waals surface area contributed by atoms with E-state index < -0.39 is 261 Å². The number of fused-ring (bicyclic) bond motifs is 2. The molecule has 2 aromatic heterocycles. The number of nitrogens with one attached hydrogen (secondary N) is 16. The number of amides is 16. The smallest absolute Gasteiger partial charge is 0.326 e. The molecule has 0 unspecified atom stereocenters. The monoisotopic (exact) mass is 1800 g/mol.